The molecule has 1 nitrogen and oxygen atoms in total. The van der Waals surface area contributed by atoms with Gasteiger partial charge in [0.2, 0.25) is 0 Å². The molecule has 0 amide bonds. The van der Waals surface area contributed by atoms with Gasteiger partial charge in [0.15, 0.2) is 0 Å². The normalized spacial score (nSPS) is 10.9. The van der Waals surface area contributed by atoms with Crippen LogP contribution < -0.4 is 4.90 Å². The van der Waals surface area contributed by atoms with Crippen molar-refractivity contribution in [2.75, 3.05) is 24.0 Å². The summed E-state index contributed by atoms with van der Waals surface area (Å²) in [6, 6.07) is 8.83. The first kappa shape index (κ1) is 23.8. The quantitative estimate of drug-likeness (QED) is 0.226. The lowest BCUT2D eigenvalue weighted by Gasteiger charge is -2.18. The summed E-state index contributed by atoms with van der Waals surface area (Å²) < 4.78 is 0.910. The first-order chi connectivity index (χ1) is 12.7. The molecule has 0 unspecified atom stereocenters. The minimum absolute atomic E-state index is 0.910. The predicted molar refractivity (Wildman–Crippen MR) is 129 cm³/mol. The first-order valence-electron chi connectivity index (χ1n) is 10.2. The van der Waals surface area contributed by atoms with Crippen LogP contribution in [0.2, 0.25) is 0 Å². The maximum atomic E-state index is 5.34. The van der Waals surface area contributed by atoms with Crippen LogP contribution in [-0.2, 0) is 5.75 Å². The van der Waals surface area contributed by atoms with Gasteiger partial charge in [0, 0.05) is 18.5 Å². The standard InChI is InChI=1S/C22H37NS3/c1-4-5-6-7-8-9-10-11-12-13-18-26-19-20-14-16-21(17-15-20)23(2)22(24)25-3/h14-17H,4-13,18-19H2,1-3H3. The van der Waals surface area contributed by atoms with Crippen molar-refractivity contribution in [3.63, 3.8) is 0 Å². The van der Waals surface area contributed by atoms with Crippen molar-refractivity contribution in [1.82, 2.24) is 0 Å². The maximum Gasteiger partial charge on any atom is 0.140 e. The van der Waals surface area contributed by atoms with E-state index in [-0.39, 0.29) is 0 Å². The fourth-order valence-electron chi connectivity index (χ4n) is 2.94. The Morgan fingerprint density at radius 1 is 0.885 bits per heavy atom. The Labute approximate surface area is 176 Å². The summed E-state index contributed by atoms with van der Waals surface area (Å²) in [6.45, 7) is 2.29. The zero-order chi connectivity index (χ0) is 19.0. The van der Waals surface area contributed by atoms with Crippen LogP contribution in [0.4, 0.5) is 5.69 Å². The van der Waals surface area contributed by atoms with E-state index in [4.69, 9.17) is 12.2 Å². The highest BCUT2D eigenvalue weighted by Crippen LogP contribution is 2.21. The zero-order valence-corrected chi connectivity index (χ0v) is 19.4. The molecule has 0 spiro atoms. The number of rotatable bonds is 14. The summed E-state index contributed by atoms with van der Waals surface area (Å²) in [5, 5.41) is 0. The highest BCUT2D eigenvalue weighted by Gasteiger charge is 2.05. The molecular formula is C22H37NS3. The highest BCUT2D eigenvalue weighted by molar-refractivity contribution is 8.22. The molecule has 0 aliphatic heterocycles. The monoisotopic (exact) mass is 411 g/mol. The smallest absolute Gasteiger partial charge is 0.140 e. The number of hydrogen-bond donors (Lipinski definition) is 0. The molecule has 0 atom stereocenters. The van der Waals surface area contributed by atoms with E-state index >= 15 is 0 Å². The molecular weight excluding hydrogens is 374 g/mol. The summed E-state index contributed by atoms with van der Waals surface area (Å²) in [4.78, 5) is 2.07. The van der Waals surface area contributed by atoms with E-state index in [0.29, 0.717) is 0 Å². The zero-order valence-electron chi connectivity index (χ0n) is 17.0. The Hall–Kier alpha value is -0.190. The Bertz CT molecular complexity index is 473. The average molecular weight is 412 g/mol. The second-order valence-electron chi connectivity index (χ2n) is 6.93. The fraction of sp³-hybridized carbons (Fsp3) is 0.682. The number of unbranched alkanes of at least 4 members (excludes halogenated alkanes) is 9. The topological polar surface area (TPSA) is 3.24 Å². The predicted octanol–water partition coefficient (Wildman–Crippen LogP) is 7.92. The molecule has 0 aliphatic rings. The van der Waals surface area contributed by atoms with Gasteiger partial charge >= 0.3 is 0 Å². The van der Waals surface area contributed by atoms with Crippen LogP contribution in [0.25, 0.3) is 0 Å². The lowest BCUT2D eigenvalue weighted by atomic mass is 10.1. The van der Waals surface area contributed by atoms with Crippen molar-refractivity contribution in [3.05, 3.63) is 29.8 Å². The van der Waals surface area contributed by atoms with Gasteiger partial charge in [-0.05, 0) is 36.1 Å². The summed E-state index contributed by atoms with van der Waals surface area (Å²) in [5.41, 5.74) is 2.59. The molecule has 0 fully saturated rings. The van der Waals surface area contributed by atoms with E-state index in [1.807, 2.05) is 13.3 Å². The molecule has 1 rings (SSSR count). The fourth-order valence-corrected chi connectivity index (χ4v) is 4.41. The number of thioether (sulfide) groups is 2. The Kier molecular flexibility index (Phi) is 14.5. The van der Waals surface area contributed by atoms with Gasteiger partial charge in [0.1, 0.15) is 4.32 Å². The van der Waals surface area contributed by atoms with Crippen LogP contribution in [0.3, 0.4) is 0 Å². The molecule has 0 aromatic heterocycles. The summed E-state index contributed by atoms with van der Waals surface area (Å²) in [7, 11) is 2.04. The maximum absolute atomic E-state index is 5.34. The van der Waals surface area contributed by atoms with Crippen molar-refractivity contribution < 1.29 is 0 Å². The van der Waals surface area contributed by atoms with Crippen LogP contribution in [0.15, 0.2) is 24.3 Å². The number of thiocarbonyl (C=S) groups is 1. The van der Waals surface area contributed by atoms with Crippen molar-refractivity contribution in [1.29, 1.82) is 0 Å². The number of benzene rings is 1. The van der Waals surface area contributed by atoms with Crippen molar-refractivity contribution in [3.8, 4) is 0 Å². The Morgan fingerprint density at radius 2 is 1.42 bits per heavy atom. The van der Waals surface area contributed by atoms with Crippen molar-refractivity contribution in [2.45, 2.75) is 76.9 Å². The summed E-state index contributed by atoms with van der Waals surface area (Å²) >= 11 is 9.02. The molecule has 0 saturated carbocycles. The van der Waals surface area contributed by atoms with Crippen LogP contribution >= 0.6 is 35.7 Å². The molecule has 0 saturated heterocycles. The van der Waals surface area contributed by atoms with E-state index in [0.717, 1.165) is 10.1 Å². The molecule has 1 aromatic carbocycles. The van der Waals surface area contributed by atoms with Gasteiger partial charge in [-0.1, -0.05) is 89.1 Å². The minimum atomic E-state index is 0.910. The van der Waals surface area contributed by atoms with Gasteiger partial charge in [-0.25, -0.2) is 0 Å². The third-order valence-electron chi connectivity index (χ3n) is 4.68. The highest BCUT2D eigenvalue weighted by atomic mass is 32.2. The molecule has 0 radical (unpaired) electrons. The van der Waals surface area contributed by atoms with Crippen molar-refractivity contribution in [2.24, 2.45) is 0 Å². The molecule has 0 heterocycles. The van der Waals surface area contributed by atoms with Gasteiger partial charge in [-0.3, -0.25) is 0 Å². The molecule has 26 heavy (non-hydrogen) atoms. The Balaban J connectivity index is 2.02. The van der Waals surface area contributed by atoms with E-state index in [9.17, 15) is 0 Å². The van der Waals surface area contributed by atoms with Gasteiger partial charge < -0.3 is 4.90 Å². The van der Waals surface area contributed by atoms with E-state index in [2.05, 4.69) is 47.9 Å². The number of hydrogen-bond acceptors (Lipinski definition) is 3. The second kappa shape index (κ2) is 15.8. The molecule has 1 aromatic rings. The van der Waals surface area contributed by atoms with Gasteiger partial charge in [-0.15, -0.1) is 11.8 Å². The van der Waals surface area contributed by atoms with Gasteiger partial charge in [-0.2, -0.15) is 11.8 Å². The third kappa shape index (κ3) is 10.8. The van der Waals surface area contributed by atoms with Gasteiger partial charge in [0.05, 0.1) is 0 Å². The SMILES string of the molecule is CCCCCCCCCCCCSCc1ccc(N(C)C(=S)SC)cc1. The Morgan fingerprint density at radius 3 is 1.96 bits per heavy atom. The van der Waals surface area contributed by atoms with E-state index in [1.165, 1.54) is 81.2 Å². The van der Waals surface area contributed by atoms with Crippen LogP contribution in [0.5, 0.6) is 0 Å². The largest absolute Gasteiger partial charge is 0.330 e. The van der Waals surface area contributed by atoms with Crippen LogP contribution in [-0.4, -0.2) is 23.4 Å². The molecule has 0 aliphatic carbocycles. The van der Waals surface area contributed by atoms with Crippen molar-refractivity contribution >= 4 is 45.7 Å². The first-order valence-corrected chi connectivity index (χ1v) is 13.0. The molecule has 0 N–H and O–H groups in total. The summed E-state index contributed by atoms with van der Waals surface area (Å²) in [5.74, 6) is 2.41. The molecule has 4 heteroatoms. The molecule has 148 valence electrons. The number of anilines is 1. The van der Waals surface area contributed by atoms with E-state index in [1.54, 1.807) is 11.8 Å². The molecule has 0 bridgehead atoms. The third-order valence-corrected chi connectivity index (χ3v) is 7.19. The lowest BCUT2D eigenvalue weighted by molar-refractivity contribution is 0.563. The van der Waals surface area contributed by atoms with Crippen LogP contribution in [0.1, 0.15) is 76.7 Å². The minimum Gasteiger partial charge on any atom is -0.330 e. The van der Waals surface area contributed by atoms with Crippen LogP contribution in [0, 0.1) is 0 Å². The second-order valence-corrected chi connectivity index (χ2v) is 9.48. The number of nitrogens with zero attached hydrogens (tertiary/aromatic N) is 1. The summed E-state index contributed by atoms with van der Waals surface area (Å²) in [6.07, 6.45) is 16.2. The van der Waals surface area contributed by atoms with E-state index < -0.39 is 0 Å². The van der Waals surface area contributed by atoms with Gasteiger partial charge in [0.25, 0.3) is 0 Å². The lowest BCUT2D eigenvalue weighted by Crippen LogP contribution is -2.20. The average Bonchev–Trinajstić information content (AvgIpc) is 2.68.